The highest BCUT2D eigenvalue weighted by Gasteiger charge is 2.26. The molecule has 0 spiro atoms. The van der Waals surface area contributed by atoms with Crippen LogP contribution in [-0.4, -0.2) is 20.6 Å². The number of hydrogen-bond acceptors (Lipinski definition) is 6. The molecule has 31 heavy (non-hydrogen) atoms. The van der Waals surface area contributed by atoms with E-state index in [1.54, 1.807) is 36.5 Å². The van der Waals surface area contributed by atoms with Gasteiger partial charge in [0.15, 0.2) is 0 Å². The summed E-state index contributed by atoms with van der Waals surface area (Å²) in [6.07, 6.45) is 4.53. The number of nitro benzene ring substituents is 1. The van der Waals surface area contributed by atoms with Crippen molar-refractivity contribution in [2.24, 2.45) is 7.05 Å². The molecule has 1 heterocycles. The molecular formula is C22H20N6O3. The molecule has 1 amide bonds. The first-order valence-electron chi connectivity index (χ1n) is 9.83. The molecule has 9 nitrogen and oxygen atoms in total. The monoisotopic (exact) mass is 416 g/mol. The predicted octanol–water partition coefficient (Wildman–Crippen LogP) is 3.94. The van der Waals surface area contributed by atoms with Gasteiger partial charge in [0, 0.05) is 35.6 Å². The fourth-order valence-corrected chi connectivity index (χ4v) is 3.86. The summed E-state index contributed by atoms with van der Waals surface area (Å²) in [5.41, 5.74) is 3.37. The van der Waals surface area contributed by atoms with Gasteiger partial charge in [-0.05, 0) is 49.6 Å². The van der Waals surface area contributed by atoms with Gasteiger partial charge in [0.25, 0.3) is 11.6 Å². The minimum absolute atomic E-state index is 0.0791. The zero-order chi connectivity index (χ0) is 22.0. The number of aryl methyl sites for hydroxylation is 1. The highest BCUT2D eigenvalue weighted by atomic mass is 16.6. The van der Waals surface area contributed by atoms with E-state index in [2.05, 4.69) is 15.7 Å². The molecule has 0 unspecified atom stereocenters. The number of nitriles is 1. The second-order valence-corrected chi connectivity index (χ2v) is 7.40. The Labute approximate surface area is 178 Å². The van der Waals surface area contributed by atoms with E-state index in [4.69, 9.17) is 5.26 Å². The first-order chi connectivity index (χ1) is 15.0. The van der Waals surface area contributed by atoms with Gasteiger partial charge in [-0.1, -0.05) is 6.07 Å². The molecule has 1 aromatic heterocycles. The Kier molecular flexibility index (Phi) is 5.37. The molecule has 2 aromatic carbocycles. The summed E-state index contributed by atoms with van der Waals surface area (Å²) in [7, 11) is 1.89. The van der Waals surface area contributed by atoms with Crippen molar-refractivity contribution in [2.45, 2.75) is 25.3 Å². The number of anilines is 2. The van der Waals surface area contributed by atoms with Gasteiger partial charge in [-0.15, -0.1) is 0 Å². The van der Waals surface area contributed by atoms with E-state index >= 15 is 0 Å². The van der Waals surface area contributed by atoms with E-state index in [-0.39, 0.29) is 17.3 Å². The molecule has 0 bridgehead atoms. The van der Waals surface area contributed by atoms with Crippen LogP contribution in [0.25, 0.3) is 0 Å². The fraction of sp³-hybridized carbons (Fsp3) is 0.227. The molecular weight excluding hydrogens is 396 g/mol. The first-order valence-corrected chi connectivity index (χ1v) is 9.83. The number of nitrogens with zero attached hydrogens (tertiary/aromatic N) is 4. The lowest BCUT2D eigenvalue weighted by Crippen LogP contribution is -2.19. The molecule has 156 valence electrons. The van der Waals surface area contributed by atoms with E-state index in [0.29, 0.717) is 16.9 Å². The highest BCUT2D eigenvalue weighted by Crippen LogP contribution is 2.35. The van der Waals surface area contributed by atoms with Crippen molar-refractivity contribution in [3.63, 3.8) is 0 Å². The average molecular weight is 416 g/mol. The van der Waals surface area contributed by atoms with Crippen LogP contribution in [0.15, 0.2) is 48.7 Å². The van der Waals surface area contributed by atoms with Crippen LogP contribution in [0.4, 0.5) is 17.1 Å². The van der Waals surface area contributed by atoms with E-state index in [1.165, 1.54) is 12.1 Å². The number of nitro groups is 1. The van der Waals surface area contributed by atoms with Gasteiger partial charge in [-0.3, -0.25) is 19.6 Å². The molecule has 9 heteroatoms. The second kappa shape index (κ2) is 8.28. The van der Waals surface area contributed by atoms with Crippen molar-refractivity contribution >= 4 is 23.0 Å². The van der Waals surface area contributed by atoms with Crippen LogP contribution < -0.4 is 10.6 Å². The van der Waals surface area contributed by atoms with E-state index < -0.39 is 10.8 Å². The minimum Gasteiger partial charge on any atom is -0.373 e. The number of carbonyl (C=O) groups is 1. The van der Waals surface area contributed by atoms with Gasteiger partial charge in [0.2, 0.25) is 0 Å². The summed E-state index contributed by atoms with van der Waals surface area (Å²) in [6.45, 7) is 0. The fourth-order valence-electron chi connectivity index (χ4n) is 3.86. The minimum atomic E-state index is -0.498. The van der Waals surface area contributed by atoms with Crippen molar-refractivity contribution in [3.8, 4) is 6.07 Å². The van der Waals surface area contributed by atoms with Crippen molar-refractivity contribution in [2.75, 3.05) is 10.6 Å². The Bertz CT molecular complexity index is 1210. The van der Waals surface area contributed by atoms with E-state index in [9.17, 15) is 14.9 Å². The summed E-state index contributed by atoms with van der Waals surface area (Å²) in [4.78, 5) is 23.8. The standard InChI is InChI=1S/C22H20N6O3/c1-27-20-7-3-6-18(17(20)13-24-27)26-19-9-8-15(11-21(19)28(30)31)22(29)25-16-5-2-4-14(10-16)12-23/h2,4-5,8-11,13,18,26H,3,6-7H2,1H3,(H,25,29)/t18-/m0/s1. The van der Waals surface area contributed by atoms with Crippen LogP contribution >= 0.6 is 0 Å². The lowest BCUT2D eigenvalue weighted by atomic mass is 9.92. The van der Waals surface area contributed by atoms with Gasteiger partial charge < -0.3 is 10.6 Å². The Morgan fingerprint density at radius 2 is 2.16 bits per heavy atom. The summed E-state index contributed by atoms with van der Waals surface area (Å²) in [5, 5.41) is 30.9. The summed E-state index contributed by atoms with van der Waals surface area (Å²) >= 11 is 0. The Morgan fingerprint density at radius 3 is 2.94 bits per heavy atom. The SMILES string of the molecule is Cn1ncc2c1CCC[C@@H]2Nc1ccc(C(=O)Nc2cccc(C#N)c2)cc1[N+](=O)[O-]. The third kappa shape index (κ3) is 4.09. The van der Waals surface area contributed by atoms with Crippen LogP contribution in [0.2, 0.25) is 0 Å². The van der Waals surface area contributed by atoms with Crippen LogP contribution in [-0.2, 0) is 13.5 Å². The maximum atomic E-state index is 12.6. The van der Waals surface area contributed by atoms with Gasteiger partial charge in [0.1, 0.15) is 5.69 Å². The van der Waals surface area contributed by atoms with Crippen molar-refractivity contribution in [1.29, 1.82) is 5.26 Å². The zero-order valence-corrected chi connectivity index (χ0v) is 16.8. The first kappa shape index (κ1) is 20.1. The van der Waals surface area contributed by atoms with Gasteiger partial charge in [0.05, 0.1) is 28.8 Å². The molecule has 0 saturated heterocycles. The second-order valence-electron chi connectivity index (χ2n) is 7.40. The Balaban J connectivity index is 1.58. The Hall–Kier alpha value is -4.19. The average Bonchev–Trinajstić information content (AvgIpc) is 3.16. The van der Waals surface area contributed by atoms with Crippen molar-refractivity contribution in [1.82, 2.24) is 9.78 Å². The predicted molar refractivity (Wildman–Crippen MR) is 115 cm³/mol. The number of hydrogen-bond donors (Lipinski definition) is 2. The lowest BCUT2D eigenvalue weighted by molar-refractivity contribution is -0.384. The molecule has 0 fully saturated rings. The number of carbonyl (C=O) groups excluding carboxylic acids is 1. The number of fused-ring (bicyclic) bond motifs is 1. The van der Waals surface area contributed by atoms with Crippen LogP contribution in [0, 0.1) is 21.4 Å². The third-order valence-electron chi connectivity index (χ3n) is 5.41. The zero-order valence-electron chi connectivity index (χ0n) is 16.8. The number of aromatic nitrogens is 2. The van der Waals surface area contributed by atoms with Crippen molar-refractivity contribution in [3.05, 3.63) is 81.2 Å². The number of nitrogens with one attached hydrogen (secondary N) is 2. The molecule has 2 N–H and O–H groups in total. The molecule has 0 saturated carbocycles. The molecule has 1 atom stereocenters. The van der Waals surface area contributed by atoms with E-state index in [1.807, 2.05) is 17.8 Å². The maximum Gasteiger partial charge on any atom is 0.293 e. The van der Waals surface area contributed by atoms with Gasteiger partial charge >= 0.3 is 0 Å². The maximum absolute atomic E-state index is 12.6. The molecule has 0 aliphatic heterocycles. The van der Waals surface area contributed by atoms with Crippen LogP contribution in [0.5, 0.6) is 0 Å². The number of amides is 1. The van der Waals surface area contributed by atoms with Gasteiger partial charge in [-0.2, -0.15) is 10.4 Å². The third-order valence-corrected chi connectivity index (χ3v) is 5.41. The highest BCUT2D eigenvalue weighted by molar-refractivity contribution is 6.05. The normalized spacial score (nSPS) is 14.9. The molecule has 3 aromatic rings. The Morgan fingerprint density at radius 1 is 1.32 bits per heavy atom. The van der Waals surface area contributed by atoms with Crippen LogP contribution in [0.3, 0.4) is 0 Å². The number of rotatable bonds is 5. The van der Waals surface area contributed by atoms with Crippen molar-refractivity contribution < 1.29 is 9.72 Å². The molecule has 1 aliphatic carbocycles. The summed E-state index contributed by atoms with van der Waals surface area (Å²) in [5.74, 6) is -0.489. The quantitative estimate of drug-likeness (QED) is 0.479. The van der Waals surface area contributed by atoms with Gasteiger partial charge in [-0.25, -0.2) is 0 Å². The van der Waals surface area contributed by atoms with E-state index in [0.717, 1.165) is 30.5 Å². The molecule has 0 radical (unpaired) electrons. The summed E-state index contributed by atoms with van der Waals surface area (Å²) in [6, 6.07) is 12.8. The molecule has 4 rings (SSSR count). The lowest BCUT2D eigenvalue weighted by Gasteiger charge is -2.24. The largest absolute Gasteiger partial charge is 0.373 e. The number of benzene rings is 2. The summed E-state index contributed by atoms with van der Waals surface area (Å²) < 4.78 is 1.84. The smallest absolute Gasteiger partial charge is 0.293 e. The van der Waals surface area contributed by atoms with Crippen LogP contribution in [0.1, 0.15) is 46.1 Å². The molecule has 1 aliphatic rings. The topological polar surface area (TPSA) is 126 Å².